The molecule has 0 saturated heterocycles. The molecule has 0 aliphatic heterocycles. The first-order chi connectivity index (χ1) is 6.09. The summed E-state index contributed by atoms with van der Waals surface area (Å²) in [5, 5.41) is 19.1. The molecule has 1 aromatic carbocycles. The Morgan fingerprint density at radius 1 is 1.38 bits per heavy atom. The van der Waals surface area contributed by atoms with E-state index in [9.17, 15) is 5.11 Å². The maximum absolute atomic E-state index is 9.38. The van der Waals surface area contributed by atoms with Gasteiger partial charge in [0.1, 0.15) is 0 Å². The maximum Gasteiger partial charge on any atom is 0.0836 e. The first kappa shape index (κ1) is 10.5. The molecule has 0 heterocycles. The lowest BCUT2D eigenvalue weighted by Crippen LogP contribution is -2.24. The zero-order chi connectivity index (χ0) is 9.84. The van der Waals surface area contributed by atoms with Crippen LogP contribution >= 0.6 is 11.6 Å². The maximum atomic E-state index is 9.38. The van der Waals surface area contributed by atoms with E-state index >= 15 is 0 Å². The van der Waals surface area contributed by atoms with E-state index in [-0.39, 0.29) is 0 Å². The van der Waals surface area contributed by atoms with Crippen molar-refractivity contribution in [1.29, 1.82) is 0 Å². The SMILES string of the molecule is CC(O)C(O)Cc1cccc(Cl)c1. The fraction of sp³-hybridized carbons (Fsp3) is 0.400. The quantitative estimate of drug-likeness (QED) is 0.779. The monoisotopic (exact) mass is 200 g/mol. The summed E-state index contributed by atoms with van der Waals surface area (Å²) in [6, 6.07) is 7.26. The second-order valence-electron chi connectivity index (χ2n) is 3.14. The second-order valence-corrected chi connectivity index (χ2v) is 3.58. The van der Waals surface area contributed by atoms with E-state index < -0.39 is 12.2 Å². The topological polar surface area (TPSA) is 40.5 Å². The number of halogens is 1. The first-order valence-corrected chi connectivity index (χ1v) is 4.58. The van der Waals surface area contributed by atoms with Gasteiger partial charge in [-0.05, 0) is 24.6 Å². The van der Waals surface area contributed by atoms with Crippen molar-refractivity contribution in [3.63, 3.8) is 0 Å². The van der Waals surface area contributed by atoms with E-state index in [1.807, 2.05) is 12.1 Å². The normalized spacial score (nSPS) is 15.4. The summed E-state index contributed by atoms with van der Waals surface area (Å²) in [5.41, 5.74) is 0.931. The molecule has 0 radical (unpaired) electrons. The summed E-state index contributed by atoms with van der Waals surface area (Å²) in [4.78, 5) is 0. The van der Waals surface area contributed by atoms with E-state index in [1.165, 1.54) is 0 Å². The lowest BCUT2D eigenvalue weighted by atomic mass is 10.1. The number of aliphatic hydroxyl groups is 2. The minimum Gasteiger partial charge on any atom is -0.391 e. The minimum atomic E-state index is -0.724. The number of aliphatic hydroxyl groups excluding tert-OH is 2. The summed E-state index contributed by atoms with van der Waals surface area (Å²) in [6.07, 6.45) is -1.00. The Balaban J connectivity index is 2.64. The van der Waals surface area contributed by atoms with Gasteiger partial charge in [0.15, 0.2) is 0 Å². The van der Waals surface area contributed by atoms with Gasteiger partial charge in [-0.2, -0.15) is 0 Å². The van der Waals surface area contributed by atoms with Gasteiger partial charge in [-0.15, -0.1) is 0 Å². The van der Waals surface area contributed by atoms with Crippen LogP contribution < -0.4 is 0 Å². The number of hydrogen-bond donors (Lipinski definition) is 2. The molecule has 0 aliphatic rings. The molecule has 2 atom stereocenters. The largest absolute Gasteiger partial charge is 0.391 e. The molecule has 13 heavy (non-hydrogen) atoms. The Kier molecular flexibility index (Phi) is 3.72. The predicted molar refractivity (Wildman–Crippen MR) is 52.8 cm³/mol. The molecular weight excluding hydrogens is 188 g/mol. The van der Waals surface area contributed by atoms with Crippen molar-refractivity contribution in [1.82, 2.24) is 0 Å². The molecule has 0 aliphatic carbocycles. The van der Waals surface area contributed by atoms with Crippen molar-refractivity contribution in [2.75, 3.05) is 0 Å². The van der Waals surface area contributed by atoms with Crippen molar-refractivity contribution in [2.45, 2.75) is 25.6 Å². The third-order valence-electron chi connectivity index (χ3n) is 1.89. The van der Waals surface area contributed by atoms with Crippen molar-refractivity contribution >= 4 is 11.6 Å². The summed E-state index contributed by atoms with van der Waals surface area (Å²) in [6.45, 7) is 1.56. The number of hydrogen-bond acceptors (Lipinski definition) is 2. The molecule has 0 bridgehead atoms. The van der Waals surface area contributed by atoms with Crippen LogP contribution in [0.25, 0.3) is 0 Å². The average molecular weight is 201 g/mol. The van der Waals surface area contributed by atoms with Crippen LogP contribution in [0.4, 0.5) is 0 Å². The highest BCUT2D eigenvalue weighted by Gasteiger charge is 2.11. The van der Waals surface area contributed by atoms with Crippen LogP contribution in [-0.2, 0) is 6.42 Å². The van der Waals surface area contributed by atoms with Gasteiger partial charge in [-0.1, -0.05) is 23.7 Å². The third-order valence-corrected chi connectivity index (χ3v) is 2.13. The minimum absolute atomic E-state index is 0.429. The number of benzene rings is 1. The zero-order valence-corrected chi connectivity index (χ0v) is 8.20. The molecule has 0 fully saturated rings. The molecule has 3 heteroatoms. The Bertz CT molecular complexity index is 273. The molecular formula is C10H13ClO2. The van der Waals surface area contributed by atoms with Crippen LogP contribution in [-0.4, -0.2) is 22.4 Å². The van der Waals surface area contributed by atoms with Gasteiger partial charge in [0, 0.05) is 11.4 Å². The molecule has 0 aromatic heterocycles. The highest BCUT2D eigenvalue weighted by molar-refractivity contribution is 6.30. The Morgan fingerprint density at radius 2 is 2.08 bits per heavy atom. The van der Waals surface area contributed by atoms with Crippen molar-refractivity contribution < 1.29 is 10.2 Å². The highest BCUT2D eigenvalue weighted by atomic mass is 35.5. The second kappa shape index (κ2) is 4.61. The van der Waals surface area contributed by atoms with Crippen LogP contribution in [0.2, 0.25) is 5.02 Å². The average Bonchev–Trinajstić information content (AvgIpc) is 2.04. The van der Waals surface area contributed by atoms with Gasteiger partial charge < -0.3 is 10.2 Å². The predicted octanol–water partition coefficient (Wildman–Crippen LogP) is 1.62. The first-order valence-electron chi connectivity index (χ1n) is 4.20. The number of rotatable bonds is 3. The Hall–Kier alpha value is -0.570. The molecule has 2 N–H and O–H groups in total. The van der Waals surface area contributed by atoms with E-state index in [1.54, 1.807) is 19.1 Å². The van der Waals surface area contributed by atoms with Crippen molar-refractivity contribution in [3.05, 3.63) is 34.9 Å². The van der Waals surface area contributed by atoms with Crippen LogP contribution in [0.1, 0.15) is 12.5 Å². The van der Waals surface area contributed by atoms with Crippen LogP contribution in [0, 0.1) is 0 Å². The molecule has 72 valence electrons. The molecule has 2 unspecified atom stereocenters. The molecule has 1 aromatic rings. The van der Waals surface area contributed by atoms with Crippen molar-refractivity contribution in [2.24, 2.45) is 0 Å². The van der Waals surface area contributed by atoms with E-state index in [0.29, 0.717) is 11.4 Å². The highest BCUT2D eigenvalue weighted by Crippen LogP contribution is 2.13. The van der Waals surface area contributed by atoms with Crippen LogP contribution in [0.5, 0.6) is 0 Å². The fourth-order valence-corrected chi connectivity index (χ4v) is 1.29. The molecule has 0 saturated carbocycles. The van der Waals surface area contributed by atoms with E-state index in [4.69, 9.17) is 16.7 Å². The Labute approximate surface area is 82.8 Å². The summed E-state index contributed by atoms with van der Waals surface area (Å²) in [7, 11) is 0. The lowest BCUT2D eigenvalue weighted by Gasteiger charge is -2.13. The van der Waals surface area contributed by atoms with Crippen LogP contribution in [0.3, 0.4) is 0 Å². The summed E-state index contributed by atoms with van der Waals surface area (Å²) >= 11 is 5.76. The Morgan fingerprint density at radius 3 is 2.62 bits per heavy atom. The molecule has 1 rings (SSSR count). The fourth-order valence-electron chi connectivity index (χ4n) is 1.08. The molecule has 0 amide bonds. The van der Waals surface area contributed by atoms with Gasteiger partial charge in [0.05, 0.1) is 12.2 Å². The van der Waals surface area contributed by atoms with Crippen molar-refractivity contribution in [3.8, 4) is 0 Å². The zero-order valence-electron chi connectivity index (χ0n) is 7.44. The van der Waals surface area contributed by atoms with Gasteiger partial charge in [0.25, 0.3) is 0 Å². The van der Waals surface area contributed by atoms with Crippen LogP contribution in [0.15, 0.2) is 24.3 Å². The smallest absolute Gasteiger partial charge is 0.0836 e. The molecule has 2 nitrogen and oxygen atoms in total. The van der Waals surface area contributed by atoms with E-state index in [0.717, 1.165) is 5.56 Å². The lowest BCUT2D eigenvalue weighted by molar-refractivity contribution is 0.0320. The van der Waals surface area contributed by atoms with E-state index in [2.05, 4.69) is 0 Å². The summed E-state index contributed by atoms with van der Waals surface area (Å²) in [5.74, 6) is 0. The van der Waals surface area contributed by atoms with Gasteiger partial charge in [-0.25, -0.2) is 0 Å². The van der Waals surface area contributed by atoms with Gasteiger partial charge in [0.2, 0.25) is 0 Å². The summed E-state index contributed by atoms with van der Waals surface area (Å²) < 4.78 is 0. The standard InChI is InChI=1S/C10H13ClO2/c1-7(12)10(13)6-8-3-2-4-9(11)5-8/h2-5,7,10,12-13H,6H2,1H3. The van der Waals surface area contributed by atoms with Gasteiger partial charge >= 0.3 is 0 Å². The molecule has 0 spiro atoms. The van der Waals surface area contributed by atoms with Gasteiger partial charge in [-0.3, -0.25) is 0 Å². The third kappa shape index (κ3) is 3.35.